The number of hydrogen-bond acceptors (Lipinski definition) is 5. The number of likely N-dealkylation sites (tertiary alicyclic amines) is 1. The second kappa shape index (κ2) is 7.69. The molecule has 5 nitrogen and oxygen atoms in total. The van der Waals surface area contributed by atoms with Crippen LogP contribution in [-0.2, 0) is 22.4 Å². The number of hydrogen-bond donors (Lipinski definition) is 0. The maximum Gasteiger partial charge on any atom is 0.336 e. The molecule has 1 atom stereocenters. The van der Waals surface area contributed by atoms with E-state index in [1.807, 2.05) is 19.1 Å². The fourth-order valence-electron chi connectivity index (χ4n) is 4.04. The molecule has 4 rings (SSSR count). The molecule has 1 unspecified atom stereocenters. The Labute approximate surface area is 157 Å². The van der Waals surface area contributed by atoms with Crippen molar-refractivity contribution < 1.29 is 13.9 Å². The van der Waals surface area contributed by atoms with E-state index >= 15 is 0 Å². The summed E-state index contributed by atoms with van der Waals surface area (Å²) in [7, 11) is 0. The smallest absolute Gasteiger partial charge is 0.336 e. The molecule has 1 aromatic carbocycles. The van der Waals surface area contributed by atoms with E-state index in [1.165, 1.54) is 0 Å². The molecule has 1 aromatic heterocycles. The van der Waals surface area contributed by atoms with Crippen molar-refractivity contribution in [3.05, 3.63) is 44.8 Å². The van der Waals surface area contributed by atoms with Gasteiger partial charge >= 0.3 is 5.63 Å². The number of fused-ring (bicyclic) bond motifs is 1. The minimum Gasteiger partial charge on any atom is -0.423 e. The minimum absolute atomic E-state index is 0.0862. The third kappa shape index (κ3) is 3.67. The lowest BCUT2D eigenvalue weighted by Crippen LogP contribution is -2.40. The first kappa shape index (κ1) is 18.0. The lowest BCUT2D eigenvalue weighted by Gasteiger charge is -2.34. The molecule has 2 aromatic rings. The summed E-state index contributed by atoms with van der Waals surface area (Å²) in [4.78, 5) is 14.4. The molecule has 0 bridgehead atoms. The van der Waals surface area contributed by atoms with E-state index in [9.17, 15) is 4.79 Å². The van der Waals surface area contributed by atoms with Crippen LogP contribution in [0, 0.1) is 5.92 Å². The summed E-state index contributed by atoms with van der Waals surface area (Å²) in [6, 6.07) is 5.41. The zero-order chi connectivity index (χ0) is 18.1. The van der Waals surface area contributed by atoms with Gasteiger partial charge in [-0.3, -0.25) is 4.90 Å². The summed E-state index contributed by atoms with van der Waals surface area (Å²) in [6.45, 7) is 6.02. The van der Waals surface area contributed by atoms with E-state index in [2.05, 4.69) is 4.90 Å². The monoisotopic (exact) mass is 377 g/mol. The molecule has 0 spiro atoms. The van der Waals surface area contributed by atoms with Gasteiger partial charge in [-0.15, -0.1) is 0 Å². The Hall–Kier alpha value is -1.40. The van der Waals surface area contributed by atoms with Crippen LogP contribution >= 0.6 is 11.6 Å². The van der Waals surface area contributed by atoms with Crippen LogP contribution in [0.1, 0.15) is 30.9 Å². The molecule has 0 N–H and O–H groups in total. The minimum atomic E-state index is -0.312. The first-order valence-corrected chi connectivity index (χ1v) is 9.72. The van der Waals surface area contributed by atoms with E-state index in [1.54, 1.807) is 6.07 Å². The highest BCUT2D eigenvalue weighted by Gasteiger charge is 2.31. The van der Waals surface area contributed by atoms with Crippen LogP contribution in [0.4, 0.5) is 0 Å². The van der Waals surface area contributed by atoms with Gasteiger partial charge in [0.2, 0.25) is 0 Å². The van der Waals surface area contributed by atoms with Gasteiger partial charge in [0, 0.05) is 35.5 Å². The number of benzene rings is 1. The Bertz CT molecular complexity index is 844. The fourth-order valence-corrected chi connectivity index (χ4v) is 4.33. The van der Waals surface area contributed by atoms with E-state index < -0.39 is 0 Å². The van der Waals surface area contributed by atoms with Crippen LogP contribution in [0.25, 0.3) is 11.0 Å². The maximum atomic E-state index is 12.0. The summed E-state index contributed by atoms with van der Waals surface area (Å²) >= 11 is 6.40. The first-order valence-electron chi connectivity index (χ1n) is 9.34. The van der Waals surface area contributed by atoms with Crippen molar-refractivity contribution in [3.63, 3.8) is 0 Å². The van der Waals surface area contributed by atoms with Crippen molar-refractivity contribution in [2.45, 2.75) is 39.0 Å². The normalized spacial score (nSPS) is 22.3. The zero-order valence-electron chi connectivity index (χ0n) is 15.0. The molecule has 2 aliphatic rings. The Morgan fingerprint density at radius 3 is 2.77 bits per heavy atom. The second-order valence-corrected chi connectivity index (χ2v) is 7.54. The Balaban J connectivity index is 1.60. The largest absolute Gasteiger partial charge is 0.423 e. The van der Waals surface area contributed by atoms with Crippen molar-refractivity contribution in [1.82, 2.24) is 4.90 Å². The number of ether oxygens (including phenoxy) is 2. The predicted octanol–water partition coefficient (Wildman–Crippen LogP) is 3.59. The molecular formula is C20H24ClNO4. The molecule has 2 aliphatic heterocycles. The van der Waals surface area contributed by atoms with Gasteiger partial charge in [-0.1, -0.05) is 18.5 Å². The van der Waals surface area contributed by atoms with Gasteiger partial charge in [0.15, 0.2) is 6.29 Å². The van der Waals surface area contributed by atoms with Crippen LogP contribution in [-0.4, -0.2) is 37.5 Å². The Morgan fingerprint density at radius 2 is 2.00 bits per heavy atom. The van der Waals surface area contributed by atoms with Crippen molar-refractivity contribution in [2.75, 3.05) is 26.3 Å². The van der Waals surface area contributed by atoms with Gasteiger partial charge in [-0.25, -0.2) is 4.79 Å². The van der Waals surface area contributed by atoms with Crippen LogP contribution in [0.2, 0.25) is 5.02 Å². The number of halogens is 1. The van der Waals surface area contributed by atoms with Crippen molar-refractivity contribution in [1.29, 1.82) is 0 Å². The van der Waals surface area contributed by atoms with Crippen LogP contribution in [0.5, 0.6) is 0 Å². The number of rotatable bonds is 4. The zero-order valence-corrected chi connectivity index (χ0v) is 15.8. The Morgan fingerprint density at radius 1 is 1.19 bits per heavy atom. The van der Waals surface area contributed by atoms with Crippen molar-refractivity contribution >= 4 is 22.6 Å². The third-order valence-electron chi connectivity index (χ3n) is 5.35. The van der Waals surface area contributed by atoms with E-state index in [0.29, 0.717) is 31.3 Å². The summed E-state index contributed by atoms with van der Waals surface area (Å²) < 4.78 is 16.8. The van der Waals surface area contributed by atoms with Crippen molar-refractivity contribution in [2.24, 2.45) is 5.92 Å². The van der Waals surface area contributed by atoms with E-state index in [4.69, 9.17) is 25.5 Å². The lowest BCUT2D eigenvalue weighted by atomic mass is 9.96. The van der Waals surface area contributed by atoms with Crippen molar-refractivity contribution in [3.8, 4) is 0 Å². The highest BCUT2D eigenvalue weighted by atomic mass is 35.5. The molecule has 2 fully saturated rings. The molecule has 2 saturated heterocycles. The molecule has 3 heterocycles. The standard InChI is InChI=1S/C20H24ClNO4/c1-2-13-8-18-16(10-17(13)21)15(9-19(23)26-18)12-22-5-3-4-14(11-22)20-24-6-7-25-20/h8-10,14,20H,2-7,11-12H2,1H3. The predicted molar refractivity (Wildman–Crippen MR) is 101 cm³/mol. The van der Waals surface area contributed by atoms with Gasteiger partial charge in [-0.05, 0) is 49.1 Å². The number of aryl methyl sites for hydroxylation is 1. The average Bonchev–Trinajstić information content (AvgIpc) is 3.17. The summed E-state index contributed by atoms with van der Waals surface area (Å²) in [5, 5.41) is 1.64. The lowest BCUT2D eigenvalue weighted by molar-refractivity contribution is -0.101. The highest BCUT2D eigenvalue weighted by molar-refractivity contribution is 6.32. The van der Waals surface area contributed by atoms with E-state index in [0.717, 1.165) is 53.9 Å². The molecule has 0 aliphatic carbocycles. The first-order chi connectivity index (χ1) is 12.6. The molecule has 6 heteroatoms. The number of piperidine rings is 1. The Kier molecular flexibility index (Phi) is 5.32. The maximum absolute atomic E-state index is 12.0. The average molecular weight is 378 g/mol. The molecule has 0 amide bonds. The summed E-state index contributed by atoms with van der Waals surface area (Å²) in [5.74, 6) is 0.382. The third-order valence-corrected chi connectivity index (χ3v) is 5.70. The number of nitrogens with zero attached hydrogens (tertiary/aromatic N) is 1. The van der Waals surface area contributed by atoms with Gasteiger partial charge in [-0.2, -0.15) is 0 Å². The molecule has 140 valence electrons. The van der Waals surface area contributed by atoms with Crippen LogP contribution in [0.3, 0.4) is 0 Å². The van der Waals surface area contributed by atoms with E-state index in [-0.39, 0.29) is 11.9 Å². The fraction of sp³-hybridized carbons (Fsp3) is 0.550. The second-order valence-electron chi connectivity index (χ2n) is 7.13. The molecule has 0 radical (unpaired) electrons. The van der Waals surface area contributed by atoms with Gasteiger partial charge in [0.1, 0.15) is 5.58 Å². The quantitative estimate of drug-likeness (QED) is 0.762. The molecule has 26 heavy (non-hydrogen) atoms. The SMILES string of the molecule is CCc1cc2oc(=O)cc(CN3CCCC(C4OCCO4)C3)c2cc1Cl. The molecule has 0 saturated carbocycles. The highest BCUT2D eigenvalue weighted by Crippen LogP contribution is 2.29. The topological polar surface area (TPSA) is 51.9 Å². The summed E-state index contributed by atoms with van der Waals surface area (Å²) in [6.07, 6.45) is 2.94. The summed E-state index contributed by atoms with van der Waals surface area (Å²) in [5.41, 5.74) is 2.26. The van der Waals surface area contributed by atoms with Crippen LogP contribution < -0.4 is 5.63 Å². The molecular weight excluding hydrogens is 354 g/mol. The van der Waals surface area contributed by atoms with Gasteiger partial charge in [0.25, 0.3) is 0 Å². The van der Waals surface area contributed by atoms with Gasteiger partial charge in [0.05, 0.1) is 13.2 Å². The van der Waals surface area contributed by atoms with Crippen LogP contribution in [0.15, 0.2) is 27.4 Å². The van der Waals surface area contributed by atoms with Gasteiger partial charge < -0.3 is 13.9 Å².